The van der Waals surface area contributed by atoms with Crippen LogP contribution in [0.4, 0.5) is 0 Å². The van der Waals surface area contributed by atoms with E-state index >= 15 is 0 Å². The Morgan fingerprint density at radius 2 is 1.92 bits per heavy atom. The highest BCUT2D eigenvalue weighted by Crippen LogP contribution is 2.47. The van der Waals surface area contributed by atoms with Gasteiger partial charge in [0.25, 0.3) is 5.91 Å². The van der Waals surface area contributed by atoms with Crippen molar-refractivity contribution in [3.8, 4) is 0 Å². The van der Waals surface area contributed by atoms with Crippen molar-refractivity contribution in [2.24, 2.45) is 11.1 Å². The average molecular weight is 366 g/mol. The molecule has 25 heavy (non-hydrogen) atoms. The number of rotatable bonds is 5. The molecule has 1 saturated carbocycles. The molecule has 1 fully saturated rings. The number of nitrogens with zero attached hydrogens (tertiary/aromatic N) is 1. The molecule has 2 N–H and O–H groups in total. The monoisotopic (exact) mass is 366 g/mol. The summed E-state index contributed by atoms with van der Waals surface area (Å²) < 4.78 is 34.8. The highest BCUT2D eigenvalue weighted by atomic mass is 32.2. The van der Waals surface area contributed by atoms with Gasteiger partial charge in [0.1, 0.15) is 33.5 Å². The van der Waals surface area contributed by atoms with Crippen LogP contribution in [0.1, 0.15) is 52.7 Å². The second-order valence-corrected chi connectivity index (χ2v) is 8.25. The number of amides is 1. The summed E-state index contributed by atoms with van der Waals surface area (Å²) in [5, 5.41) is 5.24. The van der Waals surface area contributed by atoms with Crippen LogP contribution in [0, 0.1) is 19.8 Å². The fraction of sp³-hybridized carbons (Fsp3) is 0.471. The molecule has 0 unspecified atom stereocenters. The molecule has 2 heterocycles. The zero-order chi connectivity index (χ0) is 18.5. The van der Waals surface area contributed by atoms with E-state index < -0.39 is 15.9 Å². The second-order valence-electron chi connectivity index (χ2n) is 6.75. The Bertz CT molecular complexity index is 925. The van der Waals surface area contributed by atoms with Crippen LogP contribution >= 0.6 is 0 Å². The number of nitrogens with two attached hydrogens (primary N) is 1. The summed E-state index contributed by atoms with van der Waals surface area (Å²) in [5.74, 6) is 2.54. The van der Waals surface area contributed by atoms with Crippen LogP contribution in [0.3, 0.4) is 0 Å². The summed E-state index contributed by atoms with van der Waals surface area (Å²) >= 11 is 0. The van der Waals surface area contributed by atoms with Crippen LogP contribution in [0.2, 0.25) is 0 Å². The fourth-order valence-electron chi connectivity index (χ4n) is 3.15. The number of carbonyl (C=O) groups is 1. The molecule has 1 amide bonds. The SMILES string of the molecule is Cc1oc(C)c(S(N)(=O)=O)c1C(=O)N(C)Cc1ccc([C@@H]2C[C@@H]2C)o1. The molecule has 1 aliphatic rings. The summed E-state index contributed by atoms with van der Waals surface area (Å²) in [6, 6.07) is 3.78. The van der Waals surface area contributed by atoms with Crippen LogP contribution in [-0.2, 0) is 16.6 Å². The average Bonchev–Trinajstić information content (AvgIpc) is 2.91. The Morgan fingerprint density at radius 3 is 2.48 bits per heavy atom. The molecule has 0 spiro atoms. The third-order valence-electron chi connectivity index (χ3n) is 4.60. The van der Waals surface area contributed by atoms with Crippen LogP contribution in [0.5, 0.6) is 0 Å². The largest absolute Gasteiger partial charge is 0.464 e. The molecular formula is C17H22N2O5S. The topological polar surface area (TPSA) is 107 Å². The van der Waals surface area contributed by atoms with Gasteiger partial charge in [-0.3, -0.25) is 4.79 Å². The molecule has 1 aliphatic carbocycles. The highest BCUT2D eigenvalue weighted by molar-refractivity contribution is 7.89. The van der Waals surface area contributed by atoms with Gasteiger partial charge in [-0.05, 0) is 38.3 Å². The van der Waals surface area contributed by atoms with Gasteiger partial charge in [-0.1, -0.05) is 6.92 Å². The molecule has 0 saturated heterocycles. The van der Waals surface area contributed by atoms with Crippen LogP contribution in [0.25, 0.3) is 0 Å². The Hall–Kier alpha value is -2.06. The third-order valence-corrected chi connectivity index (χ3v) is 5.66. The number of sulfonamides is 1. The van der Waals surface area contributed by atoms with E-state index in [2.05, 4.69) is 6.92 Å². The van der Waals surface area contributed by atoms with E-state index in [-0.39, 0.29) is 28.5 Å². The van der Waals surface area contributed by atoms with Crippen molar-refractivity contribution in [1.29, 1.82) is 0 Å². The van der Waals surface area contributed by atoms with Crippen molar-refractivity contribution in [3.05, 3.63) is 40.7 Å². The standard InChI is InChI=1S/C17H22N2O5S/c1-9-7-13(9)14-6-5-12(24-14)8-19(4)17(20)15-10(2)23-11(3)16(15)25(18,21)22/h5-6,9,13H,7-8H2,1-4H3,(H2,18,21,22)/t9-,13+/m0/s1. The van der Waals surface area contributed by atoms with Gasteiger partial charge in [0.05, 0.1) is 6.54 Å². The zero-order valence-corrected chi connectivity index (χ0v) is 15.5. The van der Waals surface area contributed by atoms with Crippen molar-refractivity contribution < 1.29 is 22.0 Å². The van der Waals surface area contributed by atoms with E-state index in [1.807, 2.05) is 12.1 Å². The van der Waals surface area contributed by atoms with E-state index in [9.17, 15) is 13.2 Å². The normalized spacial score (nSPS) is 19.9. The Labute approximate surface area is 146 Å². The summed E-state index contributed by atoms with van der Waals surface area (Å²) in [6.07, 6.45) is 1.12. The molecule has 0 aromatic carbocycles. The Kier molecular flexibility index (Phi) is 4.28. The molecule has 0 aliphatic heterocycles. The van der Waals surface area contributed by atoms with E-state index in [1.165, 1.54) is 11.8 Å². The maximum atomic E-state index is 12.8. The minimum atomic E-state index is -4.06. The summed E-state index contributed by atoms with van der Waals surface area (Å²) in [6.45, 7) is 5.41. The van der Waals surface area contributed by atoms with E-state index in [1.54, 1.807) is 14.0 Å². The predicted octanol–water partition coefficient (Wildman–Crippen LogP) is 2.53. The quantitative estimate of drug-likeness (QED) is 0.875. The van der Waals surface area contributed by atoms with Crippen LogP contribution in [0.15, 0.2) is 25.9 Å². The van der Waals surface area contributed by atoms with Crippen LogP contribution in [-0.4, -0.2) is 26.3 Å². The molecule has 2 aromatic rings. The Morgan fingerprint density at radius 1 is 1.28 bits per heavy atom. The number of furan rings is 2. The van der Waals surface area contributed by atoms with Crippen molar-refractivity contribution >= 4 is 15.9 Å². The molecule has 3 rings (SSSR count). The number of primary sulfonamides is 1. The summed E-state index contributed by atoms with van der Waals surface area (Å²) in [5.41, 5.74) is -0.0231. The lowest BCUT2D eigenvalue weighted by molar-refractivity contribution is 0.0769. The van der Waals surface area contributed by atoms with Crippen LogP contribution < -0.4 is 5.14 Å². The first-order valence-corrected chi connectivity index (χ1v) is 9.61. The number of hydrogen-bond acceptors (Lipinski definition) is 5. The molecule has 2 aromatic heterocycles. The van der Waals surface area contributed by atoms with Gasteiger partial charge in [-0.15, -0.1) is 0 Å². The smallest absolute Gasteiger partial charge is 0.258 e. The molecule has 0 radical (unpaired) electrons. The molecule has 136 valence electrons. The van der Waals surface area contributed by atoms with Gasteiger partial charge in [-0.2, -0.15) is 0 Å². The van der Waals surface area contributed by atoms with Crippen molar-refractivity contribution in [2.75, 3.05) is 7.05 Å². The molecule has 0 bridgehead atoms. The number of aryl methyl sites for hydroxylation is 2. The Balaban J connectivity index is 1.82. The predicted molar refractivity (Wildman–Crippen MR) is 90.6 cm³/mol. The van der Waals surface area contributed by atoms with Gasteiger partial charge in [-0.25, -0.2) is 13.6 Å². The third kappa shape index (κ3) is 3.36. The number of carbonyl (C=O) groups excluding carboxylic acids is 1. The number of hydrogen-bond donors (Lipinski definition) is 1. The first-order chi connectivity index (χ1) is 11.6. The second kappa shape index (κ2) is 6.03. The van der Waals surface area contributed by atoms with Gasteiger partial charge >= 0.3 is 0 Å². The molecule has 7 nitrogen and oxygen atoms in total. The first kappa shape index (κ1) is 17.8. The lowest BCUT2D eigenvalue weighted by Gasteiger charge is -2.16. The maximum absolute atomic E-state index is 12.8. The van der Waals surface area contributed by atoms with Gasteiger partial charge in [0, 0.05) is 13.0 Å². The van der Waals surface area contributed by atoms with Crippen molar-refractivity contribution in [3.63, 3.8) is 0 Å². The molecule has 2 atom stereocenters. The summed E-state index contributed by atoms with van der Waals surface area (Å²) in [7, 11) is -2.48. The zero-order valence-electron chi connectivity index (χ0n) is 14.7. The van der Waals surface area contributed by atoms with E-state index in [4.69, 9.17) is 14.0 Å². The molecule has 8 heteroatoms. The summed E-state index contributed by atoms with van der Waals surface area (Å²) in [4.78, 5) is 13.9. The molecular weight excluding hydrogens is 344 g/mol. The minimum absolute atomic E-state index is 0.0231. The van der Waals surface area contributed by atoms with Gasteiger partial charge in [0.2, 0.25) is 10.0 Å². The lowest BCUT2D eigenvalue weighted by Crippen LogP contribution is -2.28. The first-order valence-electron chi connectivity index (χ1n) is 8.06. The minimum Gasteiger partial charge on any atom is -0.464 e. The van der Waals surface area contributed by atoms with E-state index in [0.29, 0.717) is 17.6 Å². The fourth-order valence-corrected chi connectivity index (χ4v) is 4.10. The van der Waals surface area contributed by atoms with Crippen molar-refractivity contribution in [2.45, 2.75) is 44.6 Å². The maximum Gasteiger partial charge on any atom is 0.258 e. The van der Waals surface area contributed by atoms with Gasteiger partial charge < -0.3 is 13.7 Å². The van der Waals surface area contributed by atoms with Gasteiger partial charge in [0.15, 0.2) is 0 Å². The van der Waals surface area contributed by atoms with Crippen molar-refractivity contribution in [1.82, 2.24) is 4.90 Å². The van der Waals surface area contributed by atoms with E-state index in [0.717, 1.165) is 12.2 Å². The highest BCUT2D eigenvalue weighted by Gasteiger charge is 2.37. The lowest BCUT2D eigenvalue weighted by atomic mass is 10.2.